The highest BCUT2D eigenvalue weighted by Gasteiger charge is 2.07. The molecule has 3 nitrogen and oxygen atoms in total. The molecule has 1 heterocycles. The summed E-state index contributed by atoms with van der Waals surface area (Å²) in [5, 5.41) is 1.07. The van der Waals surface area contributed by atoms with Crippen molar-refractivity contribution >= 4 is 26.8 Å². The molecule has 1 aromatic heterocycles. The summed E-state index contributed by atoms with van der Waals surface area (Å²) < 4.78 is 12.3. The highest BCUT2D eigenvalue weighted by atomic mass is 79.9. The van der Waals surface area contributed by atoms with Gasteiger partial charge in [-0.15, -0.1) is 0 Å². The minimum absolute atomic E-state index is 0.429. The van der Waals surface area contributed by atoms with Crippen LogP contribution in [0.15, 0.2) is 59.2 Å². The Morgan fingerprint density at radius 2 is 1.90 bits per heavy atom. The maximum atomic E-state index is 5.94. The number of nitrogens with zero attached hydrogens (tertiary/aromatic N) is 1. The van der Waals surface area contributed by atoms with Crippen LogP contribution >= 0.6 is 15.9 Å². The average molecular weight is 344 g/mol. The molecule has 0 amide bonds. The van der Waals surface area contributed by atoms with Crippen molar-refractivity contribution in [1.82, 2.24) is 4.98 Å². The van der Waals surface area contributed by atoms with E-state index in [0.29, 0.717) is 6.61 Å². The molecule has 2 aromatic carbocycles. The van der Waals surface area contributed by atoms with Gasteiger partial charge in [-0.2, -0.15) is 0 Å². The molecule has 106 valence electrons. The van der Waals surface area contributed by atoms with Gasteiger partial charge in [0.15, 0.2) is 0 Å². The first-order valence-electron chi connectivity index (χ1n) is 6.57. The maximum absolute atomic E-state index is 5.94. The van der Waals surface area contributed by atoms with Gasteiger partial charge in [-0.1, -0.05) is 34.1 Å². The molecular formula is C17H14BrNO2. The van der Waals surface area contributed by atoms with E-state index in [9.17, 15) is 0 Å². The third-order valence-corrected chi connectivity index (χ3v) is 3.71. The molecule has 0 fully saturated rings. The van der Waals surface area contributed by atoms with Crippen molar-refractivity contribution < 1.29 is 9.47 Å². The number of rotatable bonds is 4. The summed E-state index contributed by atoms with van der Waals surface area (Å²) in [7, 11) is 1.66. The van der Waals surface area contributed by atoms with Gasteiger partial charge in [-0.05, 0) is 30.3 Å². The number of pyridine rings is 1. The van der Waals surface area contributed by atoms with Crippen LogP contribution in [-0.2, 0) is 6.61 Å². The van der Waals surface area contributed by atoms with Gasteiger partial charge in [0.2, 0.25) is 0 Å². The van der Waals surface area contributed by atoms with E-state index >= 15 is 0 Å². The third-order valence-electron chi connectivity index (χ3n) is 3.22. The highest BCUT2D eigenvalue weighted by Crippen LogP contribution is 2.27. The molecule has 0 aliphatic rings. The second-order valence-electron chi connectivity index (χ2n) is 4.58. The lowest BCUT2D eigenvalue weighted by Crippen LogP contribution is -1.99. The molecule has 0 bridgehead atoms. The lowest BCUT2D eigenvalue weighted by molar-refractivity contribution is 0.299. The SMILES string of the molecule is COc1ccc(Br)cc1COc1cccc2cccnc12. The van der Waals surface area contributed by atoms with Gasteiger partial charge < -0.3 is 9.47 Å². The largest absolute Gasteiger partial charge is 0.496 e. The van der Waals surface area contributed by atoms with Gasteiger partial charge in [-0.3, -0.25) is 4.98 Å². The van der Waals surface area contributed by atoms with Gasteiger partial charge in [0.1, 0.15) is 23.6 Å². The number of ether oxygens (including phenoxy) is 2. The zero-order valence-corrected chi connectivity index (χ0v) is 13.1. The number of aromatic nitrogens is 1. The van der Waals surface area contributed by atoms with Crippen molar-refractivity contribution in [1.29, 1.82) is 0 Å². The first-order valence-corrected chi connectivity index (χ1v) is 7.36. The van der Waals surface area contributed by atoms with E-state index in [1.165, 1.54) is 0 Å². The zero-order chi connectivity index (χ0) is 14.7. The number of halogens is 1. The van der Waals surface area contributed by atoms with Crippen LogP contribution in [0.1, 0.15) is 5.56 Å². The summed E-state index contributed by atoms with van der Waals surface area (Å²) in [5.74, 6) is 1.58. The van der Waals surface area contributed by atoms with Gasteiger partial charge in [0.25, 0.3) is 0 Å². The molecule has 0 aliphatic heterocycles. The monoisotopic (exact) mass is 343 g/mol. The van der Waals surface area contributed by atoms with Gasteiger partial charge in [0, 0.05) is 21.6 Å². The van der Waals surface area contributed by atoms with Crippen molar-refractivity contribution in [3.05, 3.63) is 64.8 Å². The second kappa shape index (κ2) is 6.14. The van der Waals surface area contributed by atoms with E-state index in [-0.39, 0.29) is 0 Å². The normalized spacial score (nSPS) is 10.6. The molecule has 0 saturated carbocycles. The van der Waals surface area contributed by atoms with Crippen LogP contribution < -0.4 is 9.47 Å². The van der Waals surface area contributed by atoms with Gasteiger partial charge in [0.05, 0.1) is 7.11 Å². The molecule has 3 rings (SSSR count). The van der Waals surface area contributed by atoms with E-state index in [1.54, 1.807) is 13.3 Å². The van der Waals surface area contributed by atoms with Gasteiger partial charge >= 0.3 is 0 Å². The number of hydrogen-bond donors (Lipinski definition) is 0. The summed E-state index contributed by atoms with van der Waals surface area (Å²) >= 11 is 3.47. The molecule has 0 spiro atoms. The predicted molar refractivity (Wildman–Crippen MR) is 86.8 cm³/mol. The summed E-state index contributed by atoms with van der Waals surface area (Å²) in [6.45, 7) is 0.429. The summed E-state index contributed by atoms with van der Waals surface area (Å²) in [5.41, 5.74) is 1.86. The Morgan fingerprint density at radius 1 is 1.05 bits per heavy atom. The van der Waals surface area contributed by atoms with Crippen LogP contribution in [0.25, 0.3) is 10.9 Å². The molecule has 0 aliphatic carbocycles. The topological polar surface area (TPSA) is 31.4 Å². The smallest absolute Gasteiger partial charge is 0.146 e. The Hall–Kier alpha value is -2.07. The number of benzene rings is 2. The Morgan fingerprint density at radius 3 is 2.76 bits per heavy atom. The predicted octanol–water partition coefficient (Wildman–Crippen LogP) is 4.58. The Bertz CT molecular complexity index is 768. The van der Waals surface area contributed by atoms with Crippen LogP contribution in [0.2, 0.25) is 0 Å². The second-order valence-corrected chi connectivity index (χ2v) is 5.49. The van der Waals surface area contributed by atoms with Crippen LogP contribution in [0, 0.1) is 0 Å². The minimum atomic E-state index is 0.429. The fourth-order valence-electron chi connectivity index (χ4n) is 2.21. The molecule has 4 heteroatoms. The molecule has 0 radical (unpaired) electrons. The number of methoxy groups -OCH3 is 1. The fraction of sp³-hybridized carbons (Fsp3) is 0.118. The summed E-state index contributed by atoms with van der Waals surface area (Å²) in [6, 6.07) is 15.7. The van der Waals surface area contributed by atoms with E-state index in [1.807, 2.05) is 48.5 Å². The van der Waals surface area contributed by atoms with E-state index in [4.69, 9.17) is 9.47 Å². The summed E-state index contributed by atoms with van der Waals surface area (Å²) in [4.78, 5) is 4.39. The Kier molecular flexibility index (Phi) is 4.06. The van der Waals surface area contributed by atoms with Crippen molar-refractivity contribution in [2.24, 2.45) is 0 Å². The van der Waals surface area contributed by atoms with E-state index in [0.717, 1.165) is 32.4 Å². The average Bonchev–Trinajstić information content (AvgIpc) is 2.53. The fourth-order valence-corrected chi connectivity index (χ4v) is 2.62. The van der Waals surface area contributed by atoms with Crippen LogP contribution in [0.4, 0.5) is 0 Å². The molecule has 3 aromatic rings. The lowest BCUT2D eigenvalue weighted by Gasteiger charge is -2.12. The first-order chi connectivity index (χ1) is 10.3. The molecule has 0 N–H and O–H groups in total. The van der Waals surface area contributed by atoms with Crippen molar-refractivity contribution in [3.8, 4) is 11.5 Å². The number of para-hydroxylation sites is 1. The van der Waals surface area contributed by atoms with Crippen LogP contribution in [-0.4, -0.2) is 12.1 Å². The molecular weight excluding hydrogens is 330 g/mol. The van der Waals surface area contributed by atoms with E-state index < -0.39 is 0 Å². The Balaban J connectivity index is 1.89. The van der Waals surface area contributed by atoms with Crippen LogP contribution in [0.5, 0.6) is 11.5 Å². The molecule has 0 unspecified atom stereocenters. The van der Waals surface area contributed by atoms with Crippen molar-refractivity contribution in [2.75, 3.05) is 7.11 Å². The maximum Gasteiger partial charge on any atom is 0.146 e. The first kappa shape index (κ1) is 13.9. The molecule has 0 saturated heterocycles. The van der Waals surface area contributed by atoms with Crippen LogP contribution in [0.3, 0.4) is 0 Å². The zero-order valence-electron chi connectivity index (χ0n) is 11.5. The van der Waals surface area contributed by atoms with Crippen molar-refractivity contribution in [2.45, 2.75) is 6.61 Å². The lowest BCUT2D eigenvalue weighted by atomic mass is 10.2. The molecule has 0 atom stereocenters. The molecule has 21 heavy (non-hydrogen) atoms. The third kappa shape index (κ3) is 3.00. The highest BCUT2D eigenvalue weighted by molar-refractivity contribution is 9.10. The number of fused-ring (bicyclic) bond motifs is 1. The standard InChI is InChI=1S/C17H14BrNO2/c1-20-15-8-7-14(18)10-13(15)11-21-16-6-2-4-12-5-3-9-19-17(12)16/h2-10H,11H2,1H3. The number of hydrogen-bond acceptors (Lipinski definition) is 3. The van der Waals surface area contributed by atoms with E-state index in [2.05, 4.69) is 20.9 Å². The summed E-state index contributed by atoms with van der Waals surface area (Å²) in [6.07, 6.45) is 1.77. The Labute approximate surface area is 131 Å². The van der Waals surface area contributed by atoms with Gasteiger partial charge in [-0.25, -0.2) is 0 Å². The minimum Gasteiger partial charge on any atom is -0.496 e. The quantitative estimate of drug-likeness (QED) is 0.694. The van der Waals surface area contributed by atoms with Crippen molar-refractivity contribution in [3.63, 3.8) is 0 Å².